The van der Waals surface area contributed by atoms with Crippen molar-refractivity contribution < 1.29 is 10.0 Å². The normalized spacial score (nSPS) is 17.3. The Morgan fingerprint density at radius 3 is 2.67 bits per heavy atom. The average Bonchev–Trinajstić information content (AvgIpc) is 3.14. The smallest absolute Gasteiger partial charge is 0.238 e. The zero-order chi connectivity index (χ0) is 13.3. The molecule has 2 rings (SSSR count). The maximum atomic E-state index is 12.1. The molecule has 0 atom stereocenters. The number of benzene rings is 1. The Kier molecular flexibility index (Phi) is 3.36. The van der Waals surface area contributed by atoms with Crippen molar-refractivity contribution in [1.29, 1.82) is 0 Å². The van der Waals surface area contributed by atoms with Crippen LogP contribution in [0.15, 0.2) is 23.4 Å². The van der Waals surface area contributed by atoms with E-state index in [0.717, 1.165) is 0 Å². The van der Waals surface area contributed by atoms with Crippen LogP contribution in [0.4, 0.5) is 5.69 Å². The number of nitrogens with one attached hydrogen (secondary N) is 1. The van der Waals surface area contributed by atoms with E-state index in [1.54, 1.807) is 18.2 Å². The van der Waals surface area contributed by atoms with Gasteiger partial charge in [0, 0.05) is 5.02 Å². The van der Waals surface area contributed by atoms with E-state index in [2.05, 4.69) is 10.5 Å². The third kappa shape index (κ3) is 2.23. The molecule has 0 aromatic heterocycles. The Balaban J connectivity index is 2.20. The Labute approximate surface area is 114 Å². The van der Waals surface area contributed by atoms with Gasteiger partial charge in [0.05, 0.1) is 10.7 Å². The molecule has 0 bridgehead atoms. The number of amidine groups is 1. The Hall–Kier alpha value is -1.46. The van der Waals surface area contributed by atoms with Crippen molar-refractivity contribution in [3.63, 3.8) is 0 Å². The van der Waals surface area contributed by atoms with Crippen LogP contribution in [-0.2, 0) is 4.79 Å². The minimum absolute atomic E-state index is 0.0850. The number of hydrogen-bond donors (Lipinski definition) is 3. The zero-order valence-electron chi connectivity index (χ0n) is 9.28. The molecule has 0 radical (unpaired) electrons. The van der Waals surface area contributed by atoms with Gasteiger partial charge in [-0.25, -0.2) is 0 Å². The molecule has 7 heteroatoms. The van der Waals surface area contributed by atoms with Crippen LogP contribution >= 0.6 is 23.2 Å². The number of nitrogens with zero attached hydrogens (tertiary/aromatic N) is 1. The molecule has 1 aromatic carbocycles. The summed E-state index contributed by atoms with van der Waals surface area (Å²) >= 11 is 11.8. The van der Waals surface area contributed by atoms with Crippen LogP contribution < -0.4 is 11.1 Å². The van der Waals surface area contributed by atoms with Gasteiger partial charge < -0.3 is 16.3 Å². The summed E-state index contributed by atoms with van der Waals surface area (Å²) in [5.41, 5.74) is 5.01. The number of anilines is 1. The Morgan fingerprint density at radius 2 is 2.11 bits per heavy atom. The highest BCUT2D eigenvalue weighted by atomic mass is 35.5. The second-order valence-electron chi connectivity index (χ2n) is 4.15. The van der Waals surface area contributed by atoms with Crippen LogP contribution in [0.5, 0.6) is 0 Å². The first-order chi connectivity index (χ1) is 8.49. The highest BCUT2D eigenvalue weighted by Crippen LogP contribution is 2.47. The topological polar surface area (TPSA) is 87.7 Å². The molecule has 96 valence electrons. The third-order valence-corrected chi connectivity index (χ3v) is 3.52. The minimum Gasteiger partial charge on any atom is -0.409 e. The van der Waals surface area contributed by atoms with Gasteiger partial charge in [-0.2, -0.15) is 0 Å². The number of amides is 1. The molecule has 0 heterocycles. The Bertz CT molecular complexity index is 527. The summed E-state index contributed by atoms with van der Waals surface area (Å²) in [5, 5.41) is 15.0. The van der Waals surface area contributed by atoms with Crippen molar-refractivity contribution in [2.75, 3.05) is 5.32 Å². The quantitative estimate of drug-likeness (QED) is 0.345. The van der Waals surface area contributed by atoms with E-state index in [4.69, 9.17) is 34.1 Å². The van der Waals surface area contributed by atoms with Crippen LogP contribution in [0, 0.1) is 5.41 Å². The summed E-state index contributed by atoms with van der Waals surface area (Å²) in [7, 11) is 0. The van der Waals surface area contributed by atoms with Crippen molar-refractivity contribution >= 4 is 40.6 Å². The van der Waals surface area contributed by atoms with Crippen molar-refractivity contribution in [3.8, 4) is 0 Å². The molecule has 0 unspecified atom stereocenters. The number of hydrogen-bond acceptors (Lipinski definition) is 3. The number of oxime groups is 1. The lowest BCUT2D eigenvalue weighted by atomic mass is 10.1. The second-order valence-corrected chi connectivity index (χ2v) is 4.99. The van der Waals surface area contributed by atoms with Gasteiger partial charge in [0.15, 0.2) is 5.84 Å². The number of carbonyl (C=O) groups is 1. The molecule has 4 N–H and O–H groups in total. The van der Waals surface area contributed by atoms with Crippen molar-refractivity contribution in [3.05, 3.63) is 28.2 Å². The highest BCUT2D eigenvalue weighted by molar-refractivity contribution is 6.36. The number of rotatable bonds is 3. The molecule has 1 amide bonds. The first kappa shape index (κ1) is 13.0. The van der Waals surface area contributed by atoms with Gasteiger partial charge in [0.25, 0.3) is 0 Å². The molecular formula is C11H11Cl2N3O2. The van der Waals surface area contributed by atoms with Gasteiger partial charge >= 0.3 is 0 Å². The maximum Gasteiger partial charge on any atom is 0.238 e. The third-order valence-electron chi connectivity index (χ3n) is 2.96. The van der Waals surface area contributed by atoms with E-state index < -0.39 is 5.41 Å². The average molecular weight is 288 g/mol. The van der Waals surface area contributed by atoms with E-state index in [-0.39, 0.29) is 11.7 Å². The Morgan fingerprint density at radius 1 is 1.44 bits per heavy atom. The largest absolute Gasteiger partial charge is 0.409 e. The number of nitrogens with two attached hydrogens (primary N) is 1. The maximum absolute atomic E-state index is 12.1. The molecular weight excluding hydrogens is 277 g/mol. The van der Waals surface area contributed by atoms with Crippen LogP contribution in [0.2, 0.25) is 10.0 Å². The molecule has 1 fully saturated rings. The lowest BCUT2D eigenvalue weighted by molar-refractivity contribution is -0.119. The van der Waals surface area contributed by atoms with Gasteiger partial charge in [-0.15, -0.1) is 0 Å². The highest BCUT2D eigenvalue weighted by Gasteiger charge is 2.54. The van der Waals surface area contributed by atoms with Gasteiger partial charge in [-0.1, -0.05) is 28.4 Å². The lowest BCUT2D eigenvalue weighted by Gasteiger charge is -2.14. The summed E-state index contributed by atoms with van der Waals surface area (Å²) in [6.45, 7) is 0. The van der Waals surface area contributed by atoms with E-state index in [1.807, 2.05) is 0 Å². The van der Waals surface area contributed by atoms with Crippen molar-refractivity contribution in [1.82, 2.24) is 0 Å². The molecule has 0 aliphatic heterocycles. The lowest BCUT2D eigenvalue weighted by Crippen LogP contribution is -2.36. The van der Waals surface area contributed by atoms with Crippen molar-refractivity contribution in [2.45, 2.75) is 12.8 Å². The van der Waals surface area contributed by atoms with Crippen molar-refractivity contribution in [2.24, 2.45) is 16.3 Å². The van der Waals surface area contributed by atoms with Crippen LogP contribution in [0.3, 0.4) is 0 Å². The molecule has 1 saturated carbocycles. The van der Waals surface area contributed by atoms with Gasteiger partial charge in [-0.3, -0.25) is 4.79 Å². The number of carbonyl (C=O) groups excluding carboxylic acids is 1. The molecule has 0 spiro atoms. The first-order valence-corrected chi connectivity index (χ1v) is 6.00. The van der Waals surface area contributed by atoms with Gasteiger partial charge in [0.2, 0.25) is 5.91 Å². The van der Waals surface area contributed by atoms with Gasteiger partial charge in [0.1, 0.15) is 5.41 Å². The summed E-state index contributed by atoms with van der Waals surface area (Å²) in [5.74, 6) is -0.430. The van der Waals surface area contributed by atoms with Crippen LogP contribution in [0.25, 0.3) is 0 Å². The predicted octanol–water partition coefficient (Wildman–Crippen LogP) is 2.46. The number of halogens is 2. The summed E-state index contributed by atoms with van der Waals surface area (Å²) < 4.78 is 0. The minimum atomic E-state index is -0.916. The summed E-state index contributed by atoms with van der Waals surface area (Å²) in [4.78, 5) is 12.1. The SMILES string of the molecule is N/C(=N/O)C1(C(=O)Nc2cc(Cl)ccc2Cl)CC1. The molecule has 5 nitrogen and oxygen atoms in total. The molecule has 0 saturated heterocycles. The predicted molar refractivity (Wildman–Crippen MR) is 70.2 cm³/mol. The molecule has 1 aromatic rings. The zero-order valence-corrected chi connectivity index (χ0v) is 10.8. The van der Waals surface area contributed by atoms with E-state index >= 15 is 0 Å². The molecule has 1 aliphatic rings. The van der Waals surface area contributed by atoms with E-state index in [1.165, 1.54) is 0 Å². The van der Waals surface area contributed by atoms with Crippen LogP contribution in [-0.4, -0.2) is 17.0 Å². The monoisotopic (exact) mass is 287 g/mol. The fraction of sp³-hybridized carbons (Fsp3) is 0.273. The van der Waals surface area contributed by atoms with E-state index in [9.17, 15) is 4.79 Å². The molecule has 18 heavy (non-hydrogen) atoms. The molecule has 1 aliphatic carbocycles. The summed E-state index contributed by atoms with van der Waals surface area (Å²) in [6, 6.07) is 4.75. The summed E-state index contributed by atoms with van der Waals surface area (Å²) in [6.07, 6.45) is 1.10. The fourth-order valence-electron chi connectivity index (χ4n) is 1.66. The second kappa shape index (κ2) is 4.66. The first-order valence-electron chi connectivity index (χ1n) is 5.24. The fourth-order valence-corrected chi connectivity index (χ4v) is 1.99. The standard InChI is InChI=1S/C11H11Cl2N3O2/c12-6-1-2-7(13)8(5-6)15-10(17)11(3-4-11)9(14)16-18/h1-2,5,18H,3-4H2,(H2,14,16)(H,15,17). The van der Waals surface area contributed by atoms with Crippen LogP contribution in [0.1, 0.15) is 12.8 Å². The van der Waals surface area contributed by atoms with Gasteiger partial charge in [-0.05, 0) is 31.0 Å². The van der Waals surface area contributed by atoms with E-state index in [0.29, 0.717) is 28.6 Å².